The highest BCUT2D eigenvalue weighted by Gasteiger charge is 2.38. The number of aromatic nitrogens is 4. The Labute approximate surface area is 134 Å². The van der Waals surface area contributed by atoms with Crippen LogP contribution in [0.5, 0.6) is 0 Å². The number of amides is 1. The summed E-state index contributed by atoms with van der Waals surface area (Å²) in [5, 5.41) is 14.5. The first-order chi connectivity index (χ1) is 11.3. The second-order valence-corrected chi connectivity index (χ2v) is 6.29. The largest absolute Gasteiger partial charge is 0.331 e. The molecule has 2 aromatic rings. The number of carbonyl (C=O) groups excluding carboxylic acids is 1. The van der Waals surface area contributed by atoms with Crippen molar-refractivity contribution in [1.29, 1.82) is 0 Å². The number of hydrogen-bond donors (Lipinski definition) is 1. The van der Waals surface area contributed by atoms with Gasteiger partial charge in [0.2, 0.25) is 0 Å². The van der Waals surface area contributed by atoms with Crippen molar-refractivity contribution in [2.45, 2.75) is 37.9 Å². The maximum atomic E-state index is 12.9. The van der Waals surface area contributed by atoms with Crippen LogP contribution in [0.3, 0.4) is 0 Å². The molecule has 0 radical (unpaired) electrons. The highest BCUT2D eigenvalue weighted by atomic mass is 16.2. The van der Waals surface area contributed by atoms with Crippen LogP contribution in [-0.4, -0.2) is 56.2 Å². The van der Waals surface area contributed by atoms with E-state index >= 15 is 0 Å². The normalized spacial score (nSPS) is 23.7. The van der Waals surface area contributed by atoms with E-state index in [-0.39, 0.29) is 5.91 Å². The minimum absolute atomic E-state index is 0.162. The standard InChI is InChI=1S/C16H20N6O/c23-16(22-14-5-6-15(22)9-17-8-7-14)13-3-1-12(2-4-13)10-21-11-18-19-20-21/h1-4,11,14-15,17H,5-10H2/t14-,15+/m1/s1. The van der Waals surface area contributed by atoms with Crippen LogP contribution >= 0.6 is 0 Å². The van der Waals surface area contributed by atoms with Gasteiger partial charge in [0.15, 0.2) is 0 Å². The number of tetrazole rings is 1. The van der Waals surface area contributed by atoms with Crippen LogP contribution in [0.2, 0.25) is 0 Å². The zero-order valence-electron chi connectivity index (χ0n) is 12.9. The fraction of sp³-hybridized carbons (Fsp3) is 0.500. The third-order valence-corrected chi connectivity index (χ3v) is 4.83. The van der Waals surface area contributed by atoms with E-state index in [1.807, 2.05) is 24.3 Å². The number of rotatable bonds is 3. The molecule has 120 valence electrons. The molecule has 0 spiro atoms. The molecule has 2 atom stereocenters. The fourth-order valence-corrected chi connectivity index (χ4v) is 3.66. The molecule has 7 nitrogen and oxygen atoms in total. The third-order valence-electron chi connectivity index (χ3n) is 4.83. The molecular weight excluding hydrogens is 292 g/mol. The molecule has 2 bridgehead atoms. The van der Waals surface area contributed by atoms with Gasteiger partial charge in [0.1, 0.15) is 6.33 Å². The van der Waals surface area contributed by atoms with Crippen LogP contribution in [0, 0.1) is 0 Å². The van der Waals surface area contributed by atoms with Crippen LogP contribution in [0.15, 0.2) is 30.6 Å². The highest BCUT2D eigenvalue weighted by Crippen LogP contribution is 2.29. The van der Waals surface area contributed by atoms with Gasteiger partial charge in [-0.15, -0.1) is 5.10 Å². The Hall–Kier alpha value is -2.28. The Morgan fingerprint density at radius 3 is 2.78 bits per heavy atom. The summed E-state index contributed by atoms with van der Waals surface area (Å²) in [6.07, 6.45) is 4.89. The van der Waals surface area contributed by atoms with Gasteiger partial charge < -0.3 is 10.2 Å². The summed E-state index contributed by atoms with van der Waals surface area (Å²) < 4.78 is 1.66. The van der Waals surface area contributed by atoms with E-state index in [1.165, 1.54) is 0 Å². The summed E-state index contributed by atoms with van der Waals surface area (Å²) in [6, 6.07) is 8.53. The quantitative estimate of drug-likeness (QED) is 0.902. The Bertz CT molecular complexity index is 654. The predicted molar refractivity (Wildman–Crippen MR) is 83.8 cm³/mol. The Morgan fingerprint density at radius 1 is 1.17 bits per heavy atom. The summed E-state index contributed by atoms with van der Waals surface area (Å²) in [6.45, 7) is 2.54. The van der Waals surface area contributed by atoms with Gasteiger partial charge in [0.25, 0.3) is 5.91 Å². The molecule has 2 saturated heterocycles. The van der Waals surface area contributed by atoms with Crippen molar-refractivity contribution in [3.8, 4) is 0 Å². The van der Waals surface area contributed by atoms with Gasteiger partial charge in [-0.1, -0.05) is 12.1 Å². The molecular formula is C16H20N6O. The summed E-state index contributed by atoms with van der Waals surface area (Å²) >= 11 is 0. The van der Waals surface area contributed by atoms with Crippen LogP contribution in [-0.2, 0) is 6.54 Å². The van der Waals surface area contributed by atoms with Crippen LogP contribution < -0.4 is 5.32 Å². The lowest BCUT2D eigenvalue weighted by atomic mass is 10.1. The number of fused-ring (bicyclic) bond motifs is 2. The van der Waals surface area contributed by atoms with E-state index in [4.69, 9.17) is 0 Å². The van der Waals surface area contributed by atoms with E-state index < -0.39 is 0 Å². The third kappa shape index (κ3) is 2.84. The summed E-state index contributed by atoms with van der Waals surface area (Å²) in [4.78, 5) is 15.0. The number of benzene rings is 1. The van der Waals surface area contributed by atoms with Crippen molar-refractivity contribution >= 4 is 5.91 Å². The van der Waals surface area contributed by atoms with Gasteiger partial charge in [-0.25, -0.2) is 4.68 Å². The molecule has 23 heavy (non-hydrogen) atoms. The lowest BCUT2D eigenvalue weighted by Crippen LogP contribution is -2.42. The van der Waals surface area contributed by atoms with Gasteiger partial charge in [0, 0.05) is 24.2 Å². The lowest BCUT2D eigenvalue weighted by Gasteiger charge is -2.28. The molecule has 0 saturated carbocycles. The molecule has 0 aliphatic carbocycles. The molecule has 1 N–H and O–H groups in total. The Kier molecular flexibility index (Phi) is 3.78. The van der Waals surface area contributed by atoms with Crippen molar-refractivity contribution < 1.29 is 4.79 Å². The van der Waals surface area contributed by atoms with Crippen molar-refractivity contribution in [3.05, 3.63) is 41.7 Å². The molecule has 7 heteroatoms. The van der Waals surface area contributed by atoms with Crippen LogP contribution in [0.4, 0.5) is 0 Å². The second kappa shape index (κ2) is 6.08. The van der Waals surface area contributed by atoms with Crippen molar-refractivity contribution in [2.75, 3.05) is 13.1 Å². The van der Waals surface area contributed by atoms with Crippen molar-refractivity contribution in [2.24, 2.45) is 0 Å². The zero-order valence-corrected chi connectivity index (χ0v) is 12.9. The second-order valence-electron chi connectivity index (χ2n) is 6.29. The van der Waals surface area contributed by atoms with Gasteiger partial charge >= 0.3 is 0 Å². The first-order valence-corrected chi connectivity index (χ1v) is 8.14. The van der Waals surface area contributed by atoms with Crippen LogP contribution in [0.25, 0.3) is 0 Å². The van der Waals surface area contributed by atoms with E-state index in [0.29, 0.717) is 18.6 Å². The SMILES string of the molecule is O=C(c1ccc(Cn2cnnn2)cc1)N1[C@H]2CCNC[C@@H]1CC2. The molecule has 1 aromatic heterocycles. The maximum absolute atomic E-state index is 12.9. The lowest BCUT2D eigenvalue weighted by molar-refractivity contribution is 0.0680. The van der Waals surface area contributed by atoms with Gasteiger partial charge in [-0.05, 0) is 53.9 Å². The monoisotopic (exact) mass is 312 g/mol. The van der Waals surface area contributed by atoms with E-state index in [2.05, 4.69) is 25.7 Å². The van der Waals surface area contributed by atoms with Gasteiger partial charge in [-0.2, -0.15) is 0 Å². The average Bonchev–Trinajstić information content (AvgIpc) is 3.14. The molecule has 2 fully saturated rings. The first kappa shape index (κ1) is 14.3. The van der Waals surface area contributed by atoms with E-state index in [9.17, 15) is 4.79 Å². The molecule has 0 unspecified atom stereocenters. The highest BCUT2D eigenvalue weighted by molar-refractivity contribution is 5.95. The molecule has 2 aliphatic rings. The fourth-order valence-electron chi connectivity index (χ4n) is 3.66. The molecule has 1 aromatic carbocycles. The molecule has 2 aliphatic heterocycles. The number of hydrogen-bond acceptors (Lipinski definition) is 5. The average molecular weight is 312 g/mol. The summed E-state index contributed by atoms with van der Waals surface area (Å²) in [7, 11) is 0. The first-order valence-electron chi connectivity index (χ1n) is 8.14. The topological polar surface area (TPSA) is 75.9 Å². The number of nitrogens with one attached hydrogen (secondary N) is 1. The zero-order chi connectivity index (χ0) is 15.6. The summed E-state index contributed by atoms with van der Waals surface area (Å²) in [5.41, 5.74) is 1.85. The molecule has 3 heterocycles. The predicted octanol–water partition coefficient (Wildman–Crippen LogP) is 0.688. The van der Waals surface area contributed by atoms with E-state index in [0.717, 1.165) is 43.5 Å². The minimum atomic E-state index is 0.162. The van der Waals surface area contributed by atoms with E-state index in [1.54, 1.807) is 11.0 Å². The van der Waals surface area contributed by atoms with Crippen molar-refractivity contribution in [3.63, 3.8) is 0 Å². The number of nitrogens with zero attached hydrogens (tertiary/aromatic N) is 5. The van der Waals surface area contributed by atoms with Gasteiger partial charge in [-0.3, -0.25) is 4.79 Å². The van der Waals surface area contributed by atoms with Crippen molar-refractivity contribution in [1.82, 2.24) is 30.4 Å². The maximum Gasteiger partial charge on any atom is 0.254 e. The molecule has 1 amide bonds. The van der Waals surface area contributed by atoms with Gasteiger partial charge in [0.05, 0.1) is 6.54 Å². The Balaban J connectivity index is 1.50. The molecule has 4 rings (SSSR count). The number of carbonyl (C=O) groups is 1. The van der Waals surface area contributed by atoms with Crippen LogP contribution in [0.1, 0.15) is 35.2 Å². The summed E-state index contributed by atoms with van der Waals surface area (Å²) in [5.74, 6) is 0.162. The smallest absolute Gasteiger partial charge is 0.254 e. The minimum Gasteiger partial charge on any atom is -0.331 e. The Morgan fingerprint density at radius 2 is 2.00 bits per heavy atom.